The summed E-state index contributed by atoms with van der Waals surface area (Å²) in [5, 5.41) is 10.9. The quantitative estimate of drug-likeness (QED) is 0.282. The van der Waals surface area contributed by atoms with Crippen molar-refractivity contribution in [2.24, 2.45) is 0 Å². The van der Waals surface area contributed by atoms with Crippen LogP contribution in [0.5, 0.6) is 5.75 Å². The van der Waals surface area contributed by atoms with Crippen LogP contribution in [0.4, 0.5) is 24.9 Å². The fourth-order valence-corrected chi connectivity index (χ4v) is 4.44. The van der Waals surface area contributed by atoms with E-state index in [0.29, 0.717) is 22.5 Å². The number of aromatic nitrogens is 2. The Balaban J connectivity index is 0.00000216. The van der Waals surface area contributed by atoms with Crippen molar-refractivity contribution in [1.82, 2.24) is 15.3 Å². The van der Waals surface area contributed by atoms with Crippen LogP contribution < -0.4 is 20.7 Å². The van der Waals surface area contributed by atoms with Crippen LogP contribution in [0.2, 0.25) is 0 Å². The van der Waals surface area contributed by atoms with E-state index >= 15 is 0 Å². The number of benzene rings is 2. The van der Waals surface area contributed by atoms with Gasteiger partial charge in [-0.3, -0.25) is 0 Å². The standard InChI is InChI=1S/C23H25BrF3N5O.2ClH/c1-28-21-18-4-2-3-5-19(18)31-22(32-21)30-17-10-8-16(9-11-17)29-13-14-6-7-15(24)12-20(14)33-23(25,26)27;;/h2-7,12,16-17,29H,8-11,13H2,1H3,(H2,28,30,31,32);2*1H/t16-,17+;;. The molecule has 192 valence electrons. The maximum absolute atomic E-state index is 12.7. The summed E-state index contributed by atoms with van der Waals surface area (Å²) in [7, 11) is 1.84. The lowest BCUT2D eigenvalue weighted by Gasteiger charge is -2.30. The predicted molar refractivity (Wildman–Crippen MR) is 141 cm³/mol. The summed E-state index contributed by atoms with van der Waals surface area (Å²) in [6.07, 6.45) is -1.10. The minimum Gasteiger partial charge on any atom is -0.405 e. The molecular formula is C23H27BrCl2F3N5O. The third-order valence-electron chi connectivity index (χ3n) is 5.74. The molecule has 1 heterocycles. The lowest BCUT2D eigenvalue weighted by Crippen LogP contribution is -2.37. The number of halogens is 6. The molecular weight excluding hydrogens is 570 g/mol. The Morgan fingerprint density at radius 1 is 1.00 bits per heavy atom. The van der Waals surface area contributed by atoms with Crippen molar-refractivity contribution < 1.29 is 17.9 Å². The SMILES string of the molecule is CNc1nc(N[C@H]2CC[C@@H](NCc3ccc(Br)cc3OC(F)(F)F)CC2)nc2ccccc12.Cl.Cl. The average molecular weight is 597 g/mol. The van der Waals surface area contributed by atoms with E-state index in [0.717, 1.165) is 42.4 Å². The molecule has 1 saturated carbocycles. The third kappa shape index (κ3) is 7.99. The number of nitrogens with one attached hydrogen (secondary N) is 3. The van der Waals surface area contributed by atoms with Crippen molar-refractivity contribution in [3.8, 4) is 5.75 Å². The van der Waals surface area contributed by atoms with Gasteiger partial charge in [0.1, 0.15) is 11.6 Å². The number of nitrogens with zero attached hydrogens (tertiary/aromatic N) is 2. The van der Waals surface area contributed by atoms with E-state index in [1.165, 1.54) is 6.07 Å². The zero-order chi connectivity index (χ0) is 23.4. The van der Waals surface area contributed by atoms with Crippen molar-refractivity contribution in [2.75, 3.05) is 17.7 Å². The van der Waals surface area contributed by atoms with E-state index in [1.807, 2.05) is 31.3 Å². The first-order chi connectivity index (χ1) is 15.8. The molecule has 1 aliphatic carbocycles. The zero-order valence-corrected chi connectivity index (χ0v) is 22.1. The molecule has 35 heavy (non-hydrogen) atoms. The molecule has 1 aliphatic rings. The van der Waals surface area contributed by atoms with Crippen LogP contribution >= 0.6 is 40.7 Å². The Morgan fingerprint density at radius 2 is 1.69 bits per heavy atom. The number of rotatable bonds is 7. The van der Waals surface area contributed by atoms with Gasteiger partial charge < -0.3 is 20.7 Å². The molecule has 3 aromatic rings. The summed E-state index contributed by atoms with van der Waals surface area (Å²) in [5.41, 5.74) is 1.35. The Labute approximate surface area is 222 Å². The number of para-hydroxylation sites is 1. The van der Waals surface area contributed by atoms with E-state index in [9.17, 15) is 13.2 Å². The molecule has 0 atom stereocenters. The highest BCUT2D eigenvalue weighted by Gasteiger charge is 2.32. The average Bonchev–Trinajstić information content (AvgIpc) is 2.78. The van der Waals surface area contributed by atoms with Gasteiger partial charge in [-0.25, -0.2) is 4.98 Å². The van der Waals surface area contributed by atoms with Crippen molar-refractivity contribution >= 4 is 63.4 Å². The maximum Gasteiger partial charge on any atom is 0.573 e. The molecule has 2 aromatic carbocycles. The minimum absolute atomic E-state index is 0. The van der Waals surface area contributed by atoms with Gasteiger partial charge in [0, 0.05) is 41.1 Å². The highest BCUT2D eigenvalue weighted by Crippen LogP contribution is 2.30. The molecule has 12 heteroatoms. The summed E-state index contributed by atoms with van der Waals surface area (Å²) >= 11 is 3.20. The van der Waals surface area contributed by atoms with Crippen LogP contribution in [0.3, 0.4) is 0 Å². The van der Waals surface area contributed by atoms with Crippen LogP contribution in [-0.4, -0.2) is 35.5 Å². The summed E-state index contributed by atoms with van der Waals surface area (Å²) in [6, 6.07) is 13.0. The number of hydrogen-bond donors (Lipinski definition) is 3. The fraction of sp³-hybridized carbons (Fsp3) is 0.391. The molecule has 4 rings (SSSR count). The number of alkyl halides is 3. The van der Waals surface area contributed by atoms with Crippen molar-refractivity contribution in [3.63, 3.8) is 0 Å². The lowest BCUT2D eigenvalue weighted by molar-refractivity contribution is -0.274. The molecule has 0 unspecified atom stereocenters. The van der Waals surface area contributed by atoms with Gasteiger partial charge in [-0.1, -0.05) is 34.1 Å². The van der Waals surface area contributed by atoms with Crippen LogP contribution in [0.25, 0.3) is 10.9 Å². The highest BCUT2D eigenvalue weighted by atomic mass is 79.9. The number of ether oxygens (including phenoxy) is 1. The number of anilines is 2. The second kappa shape index (κ2) is 12.8. The van der Waals surface area contributed by atoms with Crippen LogP contribution in [-0.2, 0) is 6.54 Å². The van der Waals surface area contributed by atoms with Gasteiger partial charge in [-0.2, -0.15) is 4.98 Å². The Morgan fingerprint density at radius 3 is 2.37 bits per heavy atom. The summed E-state index contributed by atoms with van der Waals surface area (Å²) in [4.78, 5) is 9.23. The number of hydrogen-bond acceptors (Lipinski definition) is 6. The lowest BCUT2D eigenvalue weighted by atomic mass is 9.91. The van der Waals surface area contributed by atoms with E-state index in [4.69, 9.17) is 0 Å². The van der Waals surface area contributed by atoms with E-state index in [-0.39, 0.29) is 42.6 Å². The molecule has 0 radical (unpaired) electrons. The molecule has 3 N–H and O–H groups in total. The van der Waals surface area contributed by atoms with Crippen molar-refractivity contribution in [1.29, 1.82) is 0 Å². The molecule has 0 aliphatic heterocycles. The Bertz CT molecular complexity index is 1110. The minimum atomic E-state index is -4.72. The fourth-order valence-electron chi connectivity index (χ4n) is 4.10. The topological polar surface area (TPSA) is 71.1 Å². The van der Waals surface area contributed by atoms with Crippen molar-refractivity contribution in [3.05, 3.63) is 52.5 Å². The van der Waals surface area contributed by atoms with E-state index < -0.39 is 6.36 Å². The van der Waals surface area contributed by atoms with Gasteiger partial charge in [-0.05, 0) is 49.9 Å². The molecule has 1 fully saturated rings. The second-order valence-corrected chi connectivity index (χ2v) is 8.95. The summed E-state index contributed by atoms with van der Waals surface area (Å²) in [6.45, 7) is 0.306. The molecule has 6 nitrogen and oxygen atoms in total. The molecule has 0 amide bonds. The smallest absolute Gasteiger partial charge is 0.405 e. The summed E-state index contributed by atoms with van der Waals surface area (Å²) < 4.78 is 42.9. The predicted octanol–water partition coefficient (Wildman–Crippen LogP) is 6.69. The Kier molecular flexibility index (Phi) is 10.7. The highest BCUT2D eigenvalue weighted by molar-refractivity contribution is 9.10. The summed E-state index contributed by atoms with van der Waals surface area (Å²) in [5.74, 6) is 1.19. The first-order valence-corrected chi connectivity index (χ1v) is 11.6. The normalized spacial score (nSPS) is 17.7. The van der Waals surface area contributed by atoms with Gasteiger partial charge in [0.15, 0.2) is 0 Å². The van der Waals surface area contributed by atoms with Gasteiger partial charge in [0.05, 0.1) is 5.52 Å². The maximum atomic E-state index is 12.7. The van der Waals surface area contributed by atoms with Crippen LogP contribution in [0.15, 0.2) is 46.9 Å². The second-order valence-electron chi connectivity index (χ2n) is 8.04. The van der Waals surface area contributed by atoms with E-state index in [1.54, 1.807) is 12.1 Å². The first-order valence-electron chi connectivity index (χ1n) is 10.8. The van der Waals surface area contributed by atoms with E-state index in [2.05, 4.69) is 46.6 Å². The van der Waals surface area contributed by atoms with Gasteiger partial charge in [-0.15, -0.1) is 38.0 Å². The first kappa shape index (κ1) is 29.2. The molecule has 0 saturated heterocycles. The number of fused-ring (bicyclic) bond motifs is 1. The van der Waals surface area contributed by atoms with Crippen LogP contribution in [0.1, 0.15) is 31.2 Å². The molecule has 1 aromatic heterocycles. The Hall–Kier alpha value is -2.01. The van der Waals surface area contributed by atoms with Gasteiger partial charge >= 0.3 is 6.36 Å². The zero-order valence-electron chi connectivity index (χ0n) is 18.9. The molecule has 0 bridgehead atoms. The van der Waals surface area contributed by atoms with Gasteiger partial charge in [0.2, 0.25) is 5.95 Å². The third-order valence-corrected chi connectivity index (χ3v) is 6.23. The van der Waals surface area contributed by atoms with Crippen molar-refractivity contribution in [2.45, 2.75) is 50.7 Å². The van der Waals surface area contributed by atoms with Crippen LogP contribution in [0, 0.1) is 0 Å². The monoisotopic (exact) mass is 595 g/mol. The van der Waals surface area contributed by atoms with Gasteiger partial charge in [0.25, 0.3) is 0 Å². The molecule has 0 spiro atoms. The largest absolute Gasteiger partial charge is 0.573 e.